The first-order valence-electron chi connectivity index (χ1n) is 3.49. The van der Waals surface area contributed by atoms with Crippen molar-refractivity contribution in [2.75, 3.05) is 0 Å². The van der Waals surface area contributed by atoms with Crippen LogP contribution in [0.2, 0.25) is 0 Å². The van der Waals surface area contributed by atoms with Gasteiger partial charge in [-0.15, -0.1) is 0 Å². The Hall–Kier alpha value is -1.58. The minimum Gasteiger partial charge on any atom is -0.369 e. The van der Waals surface area contributed by atoms with Crippen LogP contribution >= 0.6 is 0 Å². The quantitative estimate of drug-likeness (QED) is 0.451. The molecule has 4 nitrogen and oxygen atoms in total. The number of rotatable bonds is 4. The lowest BCUT2D eigenvalue weighted by atomic mass is 10.2. The molecule has 0 aliphatic carbocycles. The highest BCUT2D eigenvalue weighted by Gasteiger charge is 1.97. The Morgan fingerprint density at radius 3 is 2.25 bits per heavy atom. The molecule has 0 saturated carbocycles. The summed E-state index contributed by atoms with van der Waals surface area (Å²) in [7, 11) is 0. The zero-order valence-electron chi connectivity index (χ0n) is 6.91. The summed E-state index contributed by atoms with van der Waals surface area (Å²) in [5, 5.41) is 0. The van der Waals surface area contributed by atoms with E-state index in [4.69, 9.17) is 11.5 Å². The lowest BCUT2D eigenvalue weighted by Crippen LogP contribution is -2.12. The molecule has 0 aromatic rings. The number of hydrogen-bond donors (Lipinski definition) is 2. The van der Waals surface area contributed by atoms with Gasteiger partial charge in [0, 0.05) is 12.0 Å². The van der Waals surface area contributed by atoms with E-state index in [1.807, 2.05) is 0 Å². The van der Waals surface area contributed by atoms with Gasteiger partial charge in [0.15, 0.2) is 0 Å². The van der Waals surface area contributed by atoms with Crippen LogP contribution in [-0.2, 0) is 9.59 Å². The number of carbonyl (C=O) groups excluding carboxylic acids is 2. The van der Waals surface area contributed by atoms with Crippen LogP contribution < -0.4 is 11.5 Å². The molecule has 0 aromatic heterocycles. The van der Waals surface area contributed by atoms with E-state index in [1.165, 1.54) is 12.2 Å². The third-order valence-electron chi connectivity index (χ3n) is 1.21. The van der Waals surface area contributed by atoms with Gasteiger partial charge in [-0.3, -0.25) is 9.59 Å². The van der Waals surface area contributed by atoms with Crippen LogP contribution in [0.15, 0.2) is 23.8 Å². The van der Waals surface area contributed by atoms with Gasteiger partial charge in [-0.25, -0.2) is 0 Å². The second-order valence-electron chi connectivity index (χ2n) is 2.18. The van der Waals surface area contributed by atoms with Crippen LogP contribution in [0.3, 0.4) is 0 Å². The van der Waals surface area contributed by atoms with Crippen molar-refractivity contribution in [3.05, 3.63) is 23.8 Å². The molecule has 0 aromatic carbocycles. The number of allylic oxidation sites excluding steroid dienone is 1. The average molecular weight is 168 g/mol. The van der Waals surface area contributed by atoms with Crippen LogP contribution in [0.1, 0.15) is 13.3 Å². The van der Waals surface area contributed by atoms with Crippen molar-refractivity contribution >= 4 is 11.8 Å². The minimum atomic E-state index is -0.516. The Balaban J connectivity index is 4.13. The summed E-state index contributed by atoms with van der Waals surface area (Å²) < 4.78 is 0. The van der Waals surface area contributed by atoms with Crippen molar-refractivity contribution in [2.45, 2.75) is 13.3 Å². The topological polar surface area (TPSA) is 86.2 Å². The van der Waals surface area contributed by atoms with Crippen LogP contribution in [0.25, 0.3) is 0 Å². The van der Waals surface area contributed by atoms with Gasteiger partial charge in [-0.2, -0.15) is 0 Å². The van der Waals surface area contributed by atoms with Crippen molar-refractivity contribution in [3.8, 4) is 0 Å². The van der Waals surface area contributed by atoms with Crippen molar-refractivity contribution in [3.63, 3.8) is 0 Å². The first kappa shape index (κ1) is 10.4. The second-order valence-corrected chi connectivity index (χ2v) is 2.18. The highest BCUT2D eigenvalue weighted by molar-refractivity contribution is 5.94. The molecule has 0 fully saturated rings. The minimum absolute atomic E-state index is 0.116. The van der Waals surface area contributed by atoms with E-state index >= 15 is 0 Å². The fraction of sp³-hybridized carbons (Fsp3) is 0.250. The van der Waals surface area contributed by atoms with E-state index < -0.39 is 11.8 Å². The monoisotopic (exact) mass is 168 g/mol. The molecular formula is C8H12N2O2. The molecule has 0 aliphatic heterocycles. The maximum absolute atomic E-state index is 10.6. The van der Waals surface area contributed by atoms with Crippen LogP contribution in [0, 0.1) is 0 Å². The van der Waals surface area contributed by atoms with Crippen LogP contribution in [0.5, 0.6) is 0 Å². The standard InChI is InChI=1S/C8H12N2O2/c1-2-6(8(10)12)4-3-5-7(9)11/h2-4H,5H2,1H3,(H2,9,11)(H2,10,12). The third kappa shape index (κ3) is 4.27. The SMILES string of the molecule is CC=C(C=CCC(N)=O)C(N)=O. The number of carbonyl (C=O) groups is 2. The summed E-state index contributed by atoms with van der Waals surface area (Å²) >= 11 is 0. The van der Waals surface area contributed by atoms with Crippen LogP contribution in [-0.4, -0.2) is 11.8 Å². The number of nitrogens with two attached hydrogens (primary N) is 2. The van der Waals surface area contributed by atoms with Crippen molar-refractivity contribution < 1.29 is 9.59 Å². The average Bonchev–Trinajstić information content (AvgIpc) is 1.96. The number of hydrogen-bond acceptors (Lipinski definition) is 2. The lowest BCUT2D eigenvalue weighted by molar-refractivity contribution is -0.117. The molecule has 0 saturated heterocycles. The van der Waals surface area contributed by atoms with E-state index in [1.54, 1.807) is 13.0 Å². The second kappa shape index (κ2) is 5.12. The predicted molar refractivity (Wildman–Crippen MR) is 45.9 cm³/mol. The van der Waals surface area contributed by atoms with Gasteiger partial charge in [0.1, 0.15) is 0 Å². The summed E-state index contributed by atoms with van der Waals surface area (Å²) in [5.41, 5.74) is 10.2. The molecule has 12 heavy (non-hydrogen) atoms. The maximum Gasteiger partial charge on any atom is 0.248 e. The van der Waals surface area contributed by atoms with Gasteiger partial charge in [0.2, 0.25) is 11.8 Å². The predicted octanol–water partition coefficient (Wildman–Crippen LogP) is -0.150. The fourth-order valence-corrected chi connectivity index (χ4v) is 0.623. The summed E-state index contributed by atoms with van der Waals surface area (Å²) in [6, 6.07) is 0. The van der Waals surface area contributed by atoms with E-state index in [9.17, 15) is 9.59 Å². The highest BCUT2D eigenvalue weighted by Crippen LogP contribution is 1.95. The smallest absolute Gasteiger partial charge is 0.248 e. The molecule has 0 radical (unpaired) electrons. The van der Waals surface area contributed by atoms with Crippen molar-refractivity contribution in [2.24, 2.45) is 11.5 Å². The van der Waals surface area contributed by atoms with Gasteiger partial charge in [0.25, 0.3) is 0 Å². The molecule has 0 atom stereocenters. The first-order valence-corrected chi connectivity index (χ1v) is 3.49. The Kier molecular flexibility index (Phi) is 4.45. The zero-order valence-corrected chi connectivity index (χ0v) is 6.91. The third-order valence-corrected chi connectivity index (χ3v) is 1.21. The van der Waals surface area contributed by atoms with E-state index in [0.717, 1.165) is 0 Å². The summed E-state index contributed by atoms with van der Waals surface area (Å²) in [5.74, 6) is -0.954. The molecule has 0 unspecified atom stereocenters. The summed E-state index contributed by atoms with van der Waals surface area (Å²) in [6.07, 6.45) is 4.67. The largest absolute Gasteiger partial charge is 0.369 e. The Morgan fingerprint density at radius 1 is 1.33 bits per heavy atom. The lowest BCUT2D eigenvalue weighted by Gasteiger charge is -1.92. The summed E-state index contributed by atoms with van der Waals surface area (Å²) in [6.45, 7) is 1.69. The Morgan fingerprint density at radius 2 is 1.92 bits per heavy atom. The zero-order chi connectivity index (χ0) is 9.56. The summed E-state index contributed by atoms with van der Waals surface area (Å²) in [4.78, 5) is 20.9. The normalized spacial score (nSPS) is 11.9. The highest BCUT2D eigenvalue weighted by atomic mass is 16.1. The molecule has 0 spiro atoms. The van der Waals surface area contributed by atoms with Crippen molar-refractivity contribution in [1.82, 2.24) is 0 Å². The molecule has 0 bridgehead atoms. The molecule has 2 amide bonds. The molecule has 0 rings (SSSR count). The molecule has 66 valence electrons. The van der Waals surface area contributed by atoms with Gasteiger partial charge in [0.05, 0.1) is 0 Å². The van der Waals surface area contributed by atoms with E-state index in [0.29, 0.717) is 5.57 Å². The van der Waals surface area contributed by atoms with E-state index in [-0.39, 0.29) is 6.42 Å². The molecular weight excluding hydrogens is 156 g/mol. The molecule has 0 aliphatic rings. The molecule has 0 heterocycles. The number of amides is 2. The van der Waals surface area contributed by atoms with Crippen molar-refractivity contribution in [1.29, 1.82) is 0 Å². The molecule has 4 N–H and O–H groups in total. The van der Waals surface area contributed by atoms with Gasteiger partial charge >= 0.3 is 0 Å². The first-order chi connectivity index (χ1) is 5.57. The fourth-order valence-electron chi connectivity index (χ4n) is 0.623. The Labute approximate surface area is 70.9 Å². The molecule has 4 heteroatoms. The van der Waals surface area contributed by atoms with E-state index in [2.05, 4.69) is 0 Å². The van der Waals surface area contributed by atoms with Gasteiger partial charge in [-0.1, -0.05) is 18.2 Å². The van der Waals surface area contributed by atoms with Gasteiger partial charge < -0.3 is 11.5 Å². The number of primary amides is 2. The Bertz CT molecular complexity index is 241. The van der Waals surface area contributed by atoms with Gasteiger partial charge in [-0.05, 0) is 6.92 Å². The van der Waals surface area contributed by atoms with Crippen LogP contribution in [0.4, 0.5) is 0 Å². The maximum atomic E-state index is 10.6.